The van der Waals surface area contributed by atoms with Crippen molar-refractivity contribution in [1.29, 1.82) is 0 Å². The summed E-state index contributed by atoms with van der Waals surface area (Å²) in [6, 6.07) is 0.230. The lowest BCUT2D eigenvalue weighted by Gasteiger charge is -2.38. The minimum absolute atomic E-state index is 0.0592. The quantitative estimate of drug-likeness (QED) is 0.739. The van der Waals surface area contributed by atoms with Gasteiger partial charge in [0, 0.05) is 19.0 Å². The zero-order valence-electron chi connectivity index (χ0n) is 12.0. The number of hydrogen-bond donors (Lipinski definition) is 1. The van der Waals surface area contributed by atoms with Gasteiger partial charge in [-0.05, 0) is 38.6 Å². The molecule has 1 aliphatic carbocycles. The number of nitrogens with two attached hydrogens (primary N) is 1. The average Bonchev–Trinajstić information content (AvgIpc) is 2.36. The van der Waals surface area contributed by atoms with Crippen molar-refractivity contribution in [3.63, 3.8) is 0 Å². The zero-order valence-corrected chi connectivity index (χ0v) is 12.0. The van der Waals surface area contributed by atoms with Gasteiger partial charge in [0.2, 0.25) is 5.91 Å². The van der Waals surface area contributed by atoms with Crippen molar-refractivity contribution in [2.75, 3.05) is 13.1 Å². The van der Waals surface area contributed by atoms with Gasteiger partial charge in [0.15, 0.2) is 0 Å². The number of carbonyl (C=O) groups is 1. The Morgan fingerprint density at radius 2 is 2.00 bits per heavy atom. The van der Waals surface area contributed by atoms with Crippen LogP contribution in [0.1, 0.15) is 52.4 Å². The van der Waals surface area contributed by atoms with Crippen molar-refractivity contribution < 1.29 is 4.79 Å². The van der Waals surface area contributed by atoms with E-state index in [2.05, 4.69) is 20.4 Å². The molecule has 0 spiro atoms. The topological polar surface area (TPSA) is 46.3 Å². The van der Waals surface area contributed by atoms with E-state index in [-0.39, 0.29) is 17.4 Å². The molecular formula is C15H28N2O. The molecule has 2 N–H and O–H groups in total. The third kappa shape index (κ3) is 3.84. The molecule has 1 saturated carbocycles. The highest BCUT2D eigenvalue weighted by molar-refractivity contribution is 5.77. The maximum Gasteiger partial charge on any atom is 0.223 e. The number of amides is 1. The molecule has 0 saturated heterocycles. The van der Waals surface area contributed by atoms with Crippen molar-refractivity contribution in [3.05, 3.63) is 12.7 Å². The van der Waals surface area contributed by atoms with E-state index < -0.39 is 0 Å². The van der Waals surface area contributed by atoms with Crippen LogP contribution in [0.2, 0.25) is 0 Å². The van der Waals surface area contributed by atoms with Crippen LogP contribution in [-0.2, 0) is 4.79 Å². The summed E-state index contributed by atoms with van der Waals surface area (Å²) in [5.74, 6) is 0.234. The van der Waals surface area contributed by atoms with E-state index in [1.165, 1.54) is 19.3 Å². The molecule has 1 aliphatic rings. The molecule has 3 heteroatoms. The lowest BCUT2D eigenvalue weighted by atomic mass is 9.71. The third-order valence-corrected chi connectivity index (χ3v) is 4.14. The molecule has 0 radical (unpaired) electrons. The van der Waals surface area contributed by atoms with E-state index >= 15 is 0 Å². The smallest absolute Gasteiger partial charge is 0.223 e. The van der Waals surface area contributed by atoms with Gasteiger partial charge in [-0.1, -0.05) is 25.3 Å². The summed E-state index contributed by atoms with van der Waals surface area (Å²) in [7, 11) is 0. The molecule has 0 aromatic heterocycles. The summed E-state index contributed by atoms with van der Waals surface area (Å²) < 4.78 is 0. The number of rotatable bonds is 6. The molecule has 1 rings (SSSR count). The van der Waals surface area contributed by atoms with Crippen LogP contribution in [0.4, 0.5) is 0 Å². The normalized spacial score (nSPS) is 18.7. The van der Waals surface area contributed by atoms with Gasteiger partial charge in [0.1, 0.15) is 0 Å². The lowest BCUT2D eigenvalue weighted by Crippen LogP contribution is -2.43. The molecule has 1 fully saturated rings. The minimum atomic E-state index is 0.0592. The largest absolute Gasteiger partial charge is 0.337 e. The zero-order chi connectivity index (χ0) is 13.6. The number of nitrogens with zero attached hydrogens (tertiary/aromatic N) is 1. The monoisotopic (exact) mass is 252 g/mol. The third-order valence-electron chi connectivity index (χ3n) is 4.14. The van der Waals surface area contributed by atoms with Crippen LogP contribution in [0, 0.1) is 5.41 Å². The summed E-state index contributed by atoms with van der Waals surface area (Å²) in [6.45, 7) is 9.11. The molecular weight excluding hydrogens is 224 g/mol. The summed E-state index contributed by atoms with van der Waals surface area (Å²) in [6.07, 6.45) is 8.34. The van der Waals surface area contributed by atoms with E-state index in [1.807, 2.05) is 4.90 Å². The van der Waals surface area contributed by atoms with Gasteiger partial charge in [-0.25, -0.2) is 0 Å². The summed E-state index contributed by atoms with van der Waals surface area (Å²) >= 11 is 0. The fraction of sp³-hybridized carbons (Fsp3) is 0.800. The molecule has 18 heavy (non-hydrogen) atoms. The van der Waals surface area contributed by atoms with Crippen molar-refractivity contribution in [2.45, 2.75) is 58.4 Å². The van der Waals surface area contributed by atoms with Crippen molar-refractivity contribution in [1.82, 2.24) is 4.90 Å². The van der Waals surface area contributed by atoms with Gasteiger partial charge in [0.05, 0.1) is 0 Å². The predicted octanol–water partition coefficient (Wildman–Crippen LogP) is 2.71. The average molecular weight is 252 g/mol. The maximum atomic E-state index is 12.4. The van der Waals surface area contributed by atoms with Crippen molar-refractivity contribution >= 4 is 5.91 Å². The van der Waals surface area contributed by atoms with E-state index in [1.54, 1.807) is 6.08 Å². The SMILES string of the molecule is C=CCN(C(=O)CC1(CN)CCCCC1)C(C)C. The van der Waals surface area contributed by atoms with Gasteiger partial charge in [-0.3, -0.25) is 4.79 Å². The Bertz CT molecular complexity index is 280. The fourth-order valence-corrected chi connectivity index (χ4v) is 2.92. The summed E-state index contributed by atoms with van der Waals surface area (Å²) in [4.78, 5) is 14.3. The Morgan fingerprint density at radius 1 is 1.39 bits per heavy atom. The van der Waals surface area contributed by atoms with E-state index in [4.69, 9.17) is 5.73 Å². The Balaban J connectivity index is 2.67. The first-order chi connectivity index (χ1) is 8.54. The standard InChI is InChI=1S/C15H28N2O/c1-4-10-17(13(2)3)14(18)11-15(12-16)8-6-5-7-9-15/h4,13H,1,5-12,16H2,2-3H3. The van der Waals surface area contributed by atoms with Crippen LogP contribution in [0.25, 0.3) is 0 Å². The fourth-order valence-electron chi connectivity index (χ4n) is 2.92. The Morgan fingerprint density at radius 3 is 2.44 bits per heavy atom. The van der Waals surface area contributed by atoms with Crippen LogP contribution < -0.4 is 5.73 Å². The Labute approximate surface area is 111 Å². The summed E-state index contributed by atoms with van der Waals surface area (Å²) in [5, 5.41) is 0. The second-order valence-corrected chi connectivity index (χ2v) is 5.87. The molecule has 3 nitrogen and oxygen atoms in total. The molecule has 104 valence electrons. The molecule has 1 amide bonds. The van der Waals surface area contributed by atoms with Gasteiger partial charge in [-0.15, -0.1) is 6.58 Å². The highest BCUT2D eigenvalue weighted by atomic mass is 16.2. The van der Waals surface area contributed by atoms with Crippen LogP contribution in [0.5, 0.6) is 0 Å². The van der Waals surface area contributed by atoms with Crippen LogP contribution in [-0.4, -0.2) is 29.9 Å². The molecule has 0 aromatic rings. The first-order valence-electron chi connectivity index (χ1n) is 7.15. The Kier molecular flexibility index (Phi) is 5.86. The predicted molar refractivity (Wildman–Crippen MR) is 76.2 cm³/mol. The van der Waals surface area contributed by atoms with E-state index in [9.17, 15) is 4.79 Å². The lowest BCUT2D eigenvalue weighted by molar-refractivity contribution is -0.135. The van der Waals surface area contributed by atoms with Crippen LogP contribution in [0.3, 0.4) is 0 Å². The van der Waals surface area contributed by atoms with Gasteiger partial charge in [-0.2, -0.15) is 0 Å². The van der Waals surface area contributed by atoms with Crippen molar-refractivity contribution in [2.24, 2.45) is 11.1 Å². The van der Waals surface area contributed by atoms with Gasteiger partial charge < -0.3 is 10.6 Å². The molecule has 0 aromatic carbocycles. The Hall–Kier alpha value is -0.830. The summed E-state index contributed by atoms with van der Waals surface area (Å²) in [5.41, 5.74) is 6.01. The van der Waals surface area contributed by atoms with E-state index in [0.29, 0.717) is 19.5 Å². The second kappa shape index (κ2) is 6.93. The first-order valence-corrected chi connectivity index (χ1v) is 7.15. The van der Waals surface area contributed by atoms with Crippen LogP contribution >= 0.6 is 0 Å². The van der Waals surface area contributed by atoms with Crippen molar-refractivity contribution in [3.8, 4) is 0 Å². The number of hydrogen-bond acceptors (Lipinski definition) is 2. The number of carbonyl (C=O) groups excluding carboxylic acids is 1. The molecule has 0 unspecified atom stereocenters. The van der Waals surface area contributed by atoms with E-state index in [0.717, 1.165) is 12.8 Å². The molecule has 0 aliphatic heterocycles. The van der Waals surface area contributed by atoms with Crippen LogP contribution in [0.15, 0.2) is 12.7 Å². The first kappa shape index (κ1) is 15.2. The van der Waals surface area contributed by atoms with Gasteiger partial charge >= 0.3 is 0 Å². The minimum Gasteiger partial charge on any atom is -0.337 e. The second-order valence-electron chi connectivity index (χ2n) is 5.87. The molecule has 0 bridgehead atoms. The highest BCUT2D eigenvalue weighted by Crippen LogP contribution is 2.38. The molecule has 0 atom stereocenters. The van der Waals surface area contributed by atoms with Gasteiger partial charge in [0.25, 0.3) is 0 Å². The maximum absolute atomic E-state index is 12.4. The highest BCUT2D eigenvalue weighted by Gasteiger charge is 2.34. The molecule has 0 heterocycles.